The van der Waals surface area contributed by atoms with Crippen molar-refractivity contribution in [3.05, 3.63) is 212 Å². The fraction of sp³-hybridized carbons (Fsp3) is 0.148. The zero-order valence-corrected chi connectivity index (χ0v) is 45.0. The SMILES string of the molecule is Cc1cc(B(O)O)cc(-c2ccc3c(c2)CNC3=O)c1.Cc1ccc(B(O)O)cc1-c1ccc2c(c1)CNC2=O.Cc1ccc(B(O)O)cc1-c1ccc2c(c1)CNC2=O.O=C1CCc2cc(-c3ccc(C(F)(F)F)c(B(O)O)c3)ccc21. The van der Waals surface area contributed by atoms with Gasteiger partial charge >= 0.3 is 34.6 Å². The van der Waals surface area contributed by atoms with Crippen LogP contribution in [0.3, 0.4) is 0 Å². The standard InChI is InChI=1S/C16H12BF3O3.3C15H14BNO3/c18-16(19,20)13-5-2-10(8-14(13)17(22)23)9-1-4-12-11(7-9)3-6-15(12)21;2*1-9-2-4-12(16(19)20)7-14(9)10-3-5-13-11(6-10)8-17-15(13)18;1-9-4-11(7-13(5-9)16(19)20)10-2-3-14-12(6-10)8-17-15(14)18/h1-2,4-5,7-8,22-23H,3,6H2;3*2-7,19-20H,8H2,1H3,(H,17,18). The first-order valence-corrected chi connectivity index (χ1v) is 26.3. The molecule has 8 aromatic carbocycles. The summed E-state index contributed by atoms with van der Waals surface area (Å²) in [7, 11) is -6.66. The Kier molecular flexibility index (Phi) is 17.5. The maximum Gasteiger partial charge on any atom is 0.489 e. The van der Waals surface area contributed by atoms with E-state index in [0.29, 0.717) is 82.2 Å². The number of alkyl halides is 3. The van der Waals surface area contributed by atoms with E-state index in [1.807, 2.05) is 93.6 Å². The van der Waals surface area contributed by atoms with E-state index in [9.17, 15) is 72.5 Å². The number of carbonyl (C=O) groups excluding carboxylic acids is 4. The van der Waals surface area contributed by atoms with Gasteiger partial charge in [0.1, 0.15) is 0 Å². The van der Waals surface area contributed by atoms with Gasteiger partial charge in [-0.3, -0.25) is 19.2 Å². The van der Waals surface area contributed by atoms with Gasteiger partial charge in [-0.1, -0.05) is 109 Å². The van der Waals surface area contributed by atoms with Gasteiger partial charge in [0, 0.05) is 48.3 Å². The Bertz CT molecular complexity index is 3750. The molecule has 4 aliphatic rings. The van der Waals surface area contributed by atoms with Crippen LogP contribution in [-0.4, -0.2) is 92.2 Å². The minimum atomic E-state index is -4.66. The summed E-state index contributed by atoms with van der Waals surface area (Å²) in [6.07, 6.45) is -3.62. The van der Waals surface area contributed by atoms with Crippen LogP contribution in [0.2, 0.25) is 0 Å². The van der Waals surface area contributed by atoms with Crippen molar-refractivity contribution in [1.82, 2.24) is 16.0 Å². The quantitative estimate of drug-likeness (QED) is 0.0968. The summed E-state index contributed by atoms with van der Waals surface area (Å²) in [5, 5.41) is 82.6. The van der Waals surface area contributed by atoms with Crippen LogP contribution in [0.15, 0.2) is 146 Å². The van der Waals surface area contributed by atoms with E-state index in [1.54, 1.807) is 54.6 Å². The Morgan fingerprint density at radius 2 is 0.783 bits per heavy atom. The van der Waals surface area contributed by atoms with Crippen molar-refractivity contribution in [1.29, 1.82) is 0 Å². The average Bonchev–Trinajstić information content (AvgIpc) is 4.38. The molecule has 12 rings (SSSR count). The van der Waals surface area contributed by atoms with Crippen LogP contribution in [0.25, 0.3) is 44.5 Å². The lowest BCUT2D eigenvalue weighted by atomic mass is 9.75. The highest BCUT2D eigenvalue weighted by atomic mass is 19.4. The Morgan fingerprint density at radius 1 is 0.373 bits per heavy atom. The molecule has 0 atom stereocenters. The van der Waals surface area contributed by atoms with Gasteiger partial charge in [-0.05, 0) is 169 Å². The molecular weight excluding hydrogens is 1070 g/mol. The van der Waals surface area contributed by atoms with E-state index in [-0.39, 0.29) is 23.5 Å². The third-order valence-corrected chi connectivity index (χ3v) is 14.8. The van der Waals surface area contributed by atoms with Crippen molar-refractivity contribution in [2.24, 2.45) is 0 Å². The van der Waals surface area contributed by atoms with Gasteiger partial charge in [0.2, 0.25) is 0 Å². The molecule has 1 aliphatic carbocycles. The van der Waals surface area contributed by atoms with Crippen LogP contribution in [0.5, 0.6) is 0 Å². The number of fused-ring (bicyclic) bond motifs is 4. The number of rotatable bonds is 8. The van der Waals surface area contributed by atoms with Crippen LogP contribution >= 0.6 is 0 Å². The predicted octanol–water partition coefficient (Wildman–Crippen LogP) is 3.94. The Labute approximate surface area is 476 Å². The molecule has 0 saturated carbocycles. The van der Waals surface area contributed by atoms with E-state index in [1.165, 1.54) is 6.07 Å². The molecule has 83 heavy (non-hydrogen) atoms. The molecule has 418 valence electrons. The average molecular weight is 1120 g/mol. The molecule has 3 amide bonds. The van der Waals surface area contributed by atoms with Crippen molar-refractivity contribution in [2.75, 3.05) is 0 Å². The third-order valence-electron chi connectivity index (χ3n) is 14.8. The summed E-state index contributed by atoms with van der Waals surface area (Å²) in [5.41, 5.74) is 16.1. The molecule has 0 aromatic heterocycles. The Balaban J connectivity index is 0.000000133. The highest BCUT2D eigenvalue weighted by Gasteiger charge is 2.36. The maximum atomic E-state index is 12.9. The van der Waals surface area contributed by atoms with E-state index < -0.39 is 45.7 Å². The molecule has 0 radical (unpaired) electrons. The fourth-order valence-corrected chi connectivity index (χ4v) is 10.4. The fourth-order valence-electron chi connectivity index (χ4n) is 10.4. The summed E-state index contributed by atoms with van der Waals surface area (Å²) >= 11 is 0. The molecule has 8 aromatic rings. The first-order chi connectivity index (χ1) is 39.4. The van der Waals surface area contributed by atoms with Crippen molar-refractivity contribution >= 4 is 73.8 Å². The number of nitrogens with one attached hydrogen (secondary N) is 3. The Morgan fingerprint density at radius 3 is 1.24 bits per heavy atom. The molecule has 11 N–H and O–H groups in total. The van der Waals surface area contributed by atoms with Gasteiger partial charge in [0.25, 0.3) is 17.7 Å². The number of hydrogen-bond acceptors (Lipinski definition) is 12. The normalized spacial score (nSPS) is 13.3. The van der Waals surface area contributed by atoms with E-state index in [0.717, 1.165) is 84.5 Å². The predicted molar refractivity (Wildman–Crippen MR) is 312 cm³/mol. The zero-order chi connectivity index (χ0) is 59.6. The van der Waals surface area contributed by atoms with Crippen LogP contribution in [0, 0.1) is 20.8 Å². The second-order valence-corrected chi connectivity index (χ2v) is 20.5. The zero-order valence-electron chi connectivity index (χ0n) is 45.0. The van der Waals surface area contributed by atoms with Gasteiger partial charge in [-0.2, -0.15) is 13.2 Å². The van der Waals surface area contributed by atoms with E-state index >= 15 is 0 Å². The number of aryl methyl sites for hydroxylation is 4. The number of carbonyl (C=O) groups is 4. The molecular formula is C61H54B4F3N3O12. The van der Waals surface area contributed by atoms with Crippen molar-refractivity contribution in [2.45, 2.75) is 59.4 Å². The molecule has 0 fully saturated rings. The summed E-state index contributed by atoms with van der Waals surface area (Å²) in [5.74, 6) is -0.0571. The minimum absolute atomic E-state index is 0.0391. The third kappa shape index (κ3) is 13.3. The van der Waals surface area contributed by atoms with Crippen LogP contribution in [0.4, 0.5) is 13.2 Å². The Hall–Kier alpha value is -8.43. The lowest BCUT2D eigenvalue weighted by molar-refractivity contribution is -0.136. The molecule has 15 nitrogen and oxygen atoms in total. The monoisotopic (exact) mass is 1120 g/mol. The van der Waals surface area contributed by atoms with Crippen molar-refractivity contribution in [3.8, 4) is 44.5 Å². The van der Waals surface area contributed by atoms with E-state index in [2.05, 4.69) is 16.0 Å². The molecule has 0 unspecified atom stereocenters. The topological polar surface area (TPSA) is 266 Å². The smallest absolute Gasteiger partial charge is 0.423 e. The first-order valence-electron chi connectivity index (χ1n) is 26.3. The first kappa shape index (κ1) is 59.2. The minimum Gasteiger partial charge on any atom is -0.423 e. The van der Waals surface area contributed by atoms with Crippen LogP contribution < -0.4 is 37.8 Å². The van der Waals surface area contributed by atoms with Crippen molar-refractivity contribution < 1.29 is 72.5 Å². The number of benzene rings is 8. The van der Waals surface area contributed by atoms with Gasteiger partial charge in [-0.25, -0.2) is 0 Å². The number of Topliss-reactive ketones (excluding diaryl/α,β-unsaturated/α-hetero) is 1. The highest BCUT2D eigenvalue weighted by molar-refractivity contribution is 6.60. The molecule has 0 spiro atoms. The lowest BCUT2D eigenvalue weighted by Gasteiger charge is -2.14. The highest BCUT2D eigenvalue weighted by Crippen LogP contribution is 2.33. The van der Waals surface area contributed by atoms with Gasteiger partial charge in [-0.15, -0.1) is 0 Å². The van der Waals surface area contributed by atoms with Crippen molar-refractivity contribution in [3.63, 3.8) is 0 Å². The molecule has 22 heteroatoms. The van der Waals surface area contributed by atoms with Gasteiger partial charge < -0.3 is 56.1 Å². The number of ketones is 1. The summed E-state index contributed by atoms with van der Waals surface area (Å²) in [4.78, 5) is 46.2. The van der Waals surface area contributed by atoms with E-state index in [4.69, 9.17) is 0 Å². The number of hydrogen-bond donors (Lipinski definition) is 11. The number of halogens is 3. The van der Waals surface area contributed by atoms with Crippen LogP contribution in [0.1, 0.15) is 92.4 Å². The summed E-state index contributed by atoms with van der Waals surface area (Å²) < 4.78 is 38.7. The summed E-state index contributed by atoms with van der Waals surface area (Å²) in [6.45, 7) is 7.49. The maximum absolute atomic E-state index is 12.9. The molecule has 3 aliphatic heterocycles. The summed E-state index contributed by atoms with van der Waals surface area (Å²) in [6, 6.07) is 41.5. The van der Waals surface area contributed by atoms with Gasteiger partial charge in [0.15, 0.2) is 5.78 Å². The largest absolute Gasteiger partial charge is 0.489 e. The van der Waals surface area contributed by atoms with Crippen LogP contribution in [-0.2, 0) is 32.2 Å². The number of amides is 3. The lowest BCUT2D eigenvalue weighted by Crippen LogP contribution is -2.36. The molecule has 0 bridgehead atoms. The molecule has 0 saturated heterocycles. The second-order valence-electron chi connectivity index (χ2n) is 20.5. The molecule has 3 heterocycles. The van der Waals surface area contributed by atoms with Gasteiger partial charge in [0.05, 0.1) is 5.56 Å². The second kappa shape index (κ2) is 24.6.